The number of hydrogen-bond acceptors (Lipinski definition) is 5. The summed E-state index contributed by atoms with van der Waals surface area (Å²) in [6.07, 6.45) is 0. The molecule has 1 amide bonds. The van der Waals surface area contributed by atoms with Gasteiger partial charge in [0, 0.05) is 11.3 Å². The number of nitrogens with zero attached hydrogens (tertiary/aromatic N) is 1. The first-order valence-electron chi connectivity index (χ1n) is 11.6. The molecule has 1 aliphatic heterocycles. The first-order valence-corrected chi connectivity index (χ1v) is 11.6. The van der Waals surface area contributed by atoms with Crippen molar-refractivity contribution in [3.05, 3.63) is 94.6 Å². The van der Waals surface area contributed by atoms with Crippen LogP contribution in [0.15, 0.2) is 72.3 Å². The Labute approximate surface area is 205 Å². The Morgan fingerprint density at radius 3 is 2.20 bits per heavy atom. The van der Waals surface area contributed by atoms with Gasteiger partial charge in [-0.25, -0.2) is 0 Å². The summed E-state index contributed by atoms with van der Waals surface area (Å²) in [6, 6.07) is 17.8. The van der Waals surface area contributed by atoms with E-state index >= 15 is 0 Å². The molecule has 2 N–H and O–H groups in total. The van der Waals surface area contributed by atoms with Crippen molar-refractivity contribution in [3.8, 4) is 11.5 Å². The Bertz CT molecular complexity index is 1290. The quantitative estimate of drug-likeness (QED) is 0.275. The van der Waals surface area contributed by atoms with Gasteiger partial charge in [0.05, 0.1) is 18.2 Å². The van der Waals surface area contributed by atoms with Crippen LogP contribution >= 0.6 is 0 Å². The Morgan fingerprint density at radius 2 is 1.60 bits per heavy atom. The highest BCUT2D eigenvalue weighted by atomic mass is 16.5. The molecular formula is C29H29NO5. The number of aliphatic hydroxyl groups is 1. The largest absolute Gasteiger partial charge is 0.508 e. The van der Waals surface area contributed by atoms with Crippen LogP contribution in [0.3, 0.4) is 0 Å². The summed E-state index contributed by atoms with van der Waals surface area (Å²) in [7, 11) is 0. The van der Waals surface area contributed by atoms with E-state index in [2.05, 4.69) is 13.8 Å². The van der Waals surface area contributed by atoms with E-state index in [1.807, 2.05) is 26.0 Å². The third-order valence-electron chi connectivity index (χ3n) is 6.13. The predicted octanol–water partition coefficient (Wildman–Crippen LogP) is 5.67. The fourth-order valence-corrected chi connectivity index (χ4v) is 4.07. The summed E-state index contributed by atoms with van der Waals surface area (Å²) in [4.78, 5) is 27.9. The highest BCUT2D eigenvalue weighted by molar-refractivity contribution is 6.51. The number of rotatable bonds is 6. The number of aromatic hydroxyl groups is 1. The molecule has 0 bridgehead atoms. The molecule has 0 spiro atoms. The lowest BCUT2D eigenvalue weighted by atomic mass is 9.95. The van der Waals surface area contributed by atoms with Crippen LogP contribution in [0.2, 0.25) is 0 Å². The van der Waals surface area contributed by atoms with Crippen molar-refractivity contribution in [2.75, 3.05) is 11.5 Å². The van der Waals surface area contributed by atoms with E-state index in [4.69, 9.17) is 4.74 Å². The van der Waals surface area contributed by atoms with Crippen molar-refractivity contribution in [2.45, 2.75) is 33.7 Å². The summed E-state index contributed by atoms with van der Waals surface area (Å²) >= 11 is 0. The molecule has 180 valence electrons. The summed E-state index contributed by atoms with van der Waals surface area (Å²) in [5.41, 5.74) is 3.60. The van der Waals surface area contributed by atoms with E-state index in [0.717, 1.165) is 11.1 Å². The third-order valence-corrected chi connectivity index (χ3v) is 6.13. The molecule has 6 nitrogen and oxygen atoms in total. The molecule has 1 saturated heterocycles. The smallest absolute Gasteiger partial charge is 0.300 e. The molecule has 1 atom stereocenters. The van der Waals surface area contributed by atoms with Crippen molar-refractivity contribution in [2.24, 2.45) is 5.92 Å². The van der Waals surface area contributed by atoms with E-state index in [1.54, 1.807) is 42.5 Å². The maximum absolute atomic E-state index is 13.3. The summed E-state index contributed by atoms with van der Waals surface area (Å²) < 4.78 is 5.71. The number of Topliss-reactive ketones (excluding diaryl/α,β-unsaturated/α-hetero) is 1. The highest BCUT2D eigenvalue weighted by Crippen LogP contribution is 2.42. The number of ketones is 1. The van der Waals surface area contributed by atoms with Crippen molar-refractivity contribution < 1.29 is 24.5 Å². The first kappa shape index (κ1) is 24.1. The molecule has 1 heterocycles. The number of aliphatic hydroxyl groups excluding tert-OH is 1. The summed E-state index contributed by atoms with van der Waals surface area (Å²) in [6.45, 7) is 8.58. The Balaban J connectivity index is 1.83. The average Bonchev–Trinajstić information content (AvgIpc) is 3.10. The van der Waals surface area contributed by atoms with Crippen LogP contribution in [0, 0.1) is 19.8 Å². The van der Waals surface area contributed by atoms with Gasteiger partial charge in [0.1, 0.15) is 17.3 Å². The highest BCUT2D eigenvalue weighted by Gasteiger charge is 2.47. The van der Waals surface area contributed by atoms with Gasteiger partial charge in [0.15, 0.2) is 0 Å². The number of carbonyl (C=O) groups excluding carboxylic acids is 2. The molecule has 35 heavy (non-hydrogen) atoms. The molecule has 0 radical (unpaired) electrons. The maximum atomic E-state index is 13.3. The number of carbonyl (C=O) groups is 2. The molecule has 3 aromatic rings. The van der Waals surface area contributed by atoms with Crippen molar-refractivity contribution in [3.63, 3.8) is 0 Å². The second kappa shape index (κ2) is 9.66. The SMILES string of the molecule is Cc1ccc(N2C(=O)C(=O)/C(=C(/O)c3ccc(OCC(C)C)cc3)C2c2ccc(O)cc2)cc1C. The second-order valence-corrected chi connectivity index (χ2v) is 9.26. The minimum absolute atomic E-state index is 0.00485. The van der Waals surface area contributed by atoms with E-state index in [9.17, 15) is 19.8 Å². The van der Waals surface area contributed by atoms with Gasteiger partial charge < -0.3 is 14.9 Å². The van der Waals surface area contributed by atoms with Crippen LogP contribution in [-0.2, 0) is 9.59 Å². The number of benzene rings is 3. The van der Waals surface area contributed by atoms with E-state index in [1.165, 1.54) is 17.0 Å². The van der Waals surface area contributed by atoms with Crippen LogP contribution in [0.25, 0.3) is 5.76 Å². The summed E-state index contributed by atoms with van der Waals surface area (Å²) in [5.74, 6) is -0.656. The lowest BCUT2D eigenvalue weighted by Gasteiger charge is -2.26. The summed E-state index contributed by atoms with van der Waals surface area (Å²) in [5, 5.41) is 21.0. The number of anilines is 1. The van der Waals surface area contributed by atoms with Crippen LogP contribution in [0.1, 0.15) is 42.1 Å². The van der Waals surface area contributed by atoms with Gasteiger partial charge in [0.2, 0.25) is 0 Å². The topological polar surface area (TPSA) is 87.1 Å². The van der Waals surface area contributed by atoms with Crippen molar-refractivity contribution in [1.82, 2.24) is 0 Å². The van der Waals surface area contributed by atoms with Gasteiger partial charge >= 0.3 is 0 Å². The molecule has 6 heteroatoms. The maximum Gasteiger partial charge on any atom is 0.300 e. The monoisotopic (exact) mass is 471 g/mol. The van der Waals surface area contributed by atoms with Gasteiger partial charge in [-0.15, -0.1) is 0 Å². The molecule has 1 unspecified atom stereocenters. The number of phenolic OH excluding ortho intramolecular Hbond substituents is 1. The Hall–Kier alpha value is -4.06. The fourth-order valence-electron chi connectivity index (χ4n) is 4.07. The Morgan fingerprint density at radius 1 is 0.943 bits per heavy atom. The first-order chi connectivity index (χ1) is 16.7. The molecule has 3 aromatic carbocycles. The van der Waals surface area contributed by atoms with E-state index in [-0.39, 0.29) is 17.1 Å². The molecular weight excluding hydrogens is 442 g/mol. The van der Waals surface area contributed by atoms with Crippen LogP contribution in [0.5, 0.6) is 11.5 Å². The zero-order valence-corrected chi connectivity index (χ0v) is 20.3. The predicted molar refractivity (Wildman–Crippen MR) is 136 cm³/mol. The van der Waals surface area contributed by atoms with E-state index in [0.29, 0.717) is 35.1 Å². The van der Waals surface area contributed by atoms with Gasteiger partial charge in [-0.05, 0) is 85.0 Å². The fraction of sp³-hybridized carbons (Fsp3) is 0.241. The molecule has 0 aromatic heterocycles. The molecule has 1 aliphatic rings. The Kier molecular flexibility index (Phi) is 6.65. The minimum atomic E-state index is -0.852. The number of phenols is 1. The average molecular weight is 472 g/mol. The van der Waals surface area contributed by atoms with Gasteiger partial charge in [-0.2, -0.15) is 0 Å². The zero-order chi connectivity index (χ0) is 25.3. The second-order valence-electron chi connectivity index (χ2n) is 9.26. The third kappa shape index (κ3) is 4.78. The number of aryl methyl sites for hydroxylation is 2. The van der Waals surface area contributed by atoms with Gasteiger partial charge in [0.25, 0.3) is 11.7 Å². The number of ether oxygens (including phenoxy) is 1. The van der Waals surface area contributed by atoms with Crippen molar-refractivity contribution in [1.29, 1.82) is 0 Å². The number of amides is 1. The molecule has 0 saturated carbocycles. The standard InChI is InChI=1S/C29H29NO5/c1-17(2)16-35-24-13-8-21(9-14-24)27(32)25-26(20-6-11-23(31)12-7-20)30(29(34)28(25)33)22-10-5-18(3)19(4)15-22/h5-15,17,26,31-32H,16H2,1-4H3/b27-25+. The molecule has 0 aliphatic carbocycles. The minimum Gasteiger partial charge on any atom is -0.508 e. The normalized spacial score (nSPS) is 17.3. The molecule has 1 fully saturated rings. The molecule has 4 rings (SSSR count). The zero-order valence-electron chi connectivity index (χ0n) is 20.3. The van der Waals surface area contributed by atoms with Crippen LogP contribution in [0.4, 0.5) is 5.69 Å². The lowest BCUT2D eigenvalue weighted by Crippen LogP contribution is -2.29. The van der Waals surface area contributed by atoms with Crippen molar-refractivity contribution >= 4 is 23.1 Å². The van der Waals surface area contributed by atoms with Crippen LogP contribution < -0.4 is 9.64 Å². The van der Waals surface area contributed by atoms with Crippen LogP contribution in [-0.4, -0.2) is 28.5 Å². The van der Waals surface area contributed by atoms with Gasteiger partial charge in [-0.1, -0.05) is 32.0 Å². The number of hydrogen-bond donors (Lipinski definition) is 2. The lowest BCUT2D eigenvalue weighted by molar-refractivity contribution is -0.132. The van der Waals surface area contributed by atoms with Gasteiger partial charge in [-0.3, -0.25) is 14.5 Å². The van der Waals surface area contributed by atoms with E-state index < -0.39 is 17.7 Å².